The van der Waals surface area contributed by atoms with E-state index in [9.17, 15) is 13.2 Å². The molecule has 1 atom stereocenters. The predicted octanol–water partition coefficient (Wildman–Crippen LogP) is 3.34. The first-order chi connectivity index (χ1) is 12.9. The van der Waals surface area contributed by atoms with Gasteiger partial charge in [-0.15, -0.1) is 35.3 Å². The van der Waals surface area contributed by atoms with Gasteiger partial charge in [-0.1, -0.05) is 0 Å². The van der Waals surface area contributed by atoms with Gasteiger partial charge in [0.1, 0.15) is 0 Å². The van der Waals surface area contributed by atoms with Crippen molar-refractivity contribution in [1.29, 1.82) is 0 Å². The van der Waals surface area contributed by atoms with Gasteiger partial charge < -0.3 is 15.1 Å². The average molecular weight is 531 g/mol. The lowest BCUT2D eigenvalue weighted by Crippen LogP contribution is -2.52. The van der Waals surface area contributed by atoms with Crippen molar-refractivity contribution in [2.45, 2.75) is 19.5 Å². The number of alkyl halides is 3. The summed E-state index contributed by atoms with van der Waals surface area (Å²) in [5.74, 6) is 1.09. The summed E-state index contributed by atoms with van der Waals surface area (Å²) < 4.78 is 37.6. The molecule has 2 saturated heterocycles. The summed E-state index contributed by atoms with van der Waals surface area (Å²) in [4.78, 5) is 10.9. The predicted molar refractivity (Wildman–Crippen MR) is 120 cm³/mol. The van der Waals surface area contributed by atoms with Crippen molar-refractivity contribution < 1.29 is 13.2 Å². The SMILES string of the molecule is CCNC(=NCC1CCN(CC(F)(F)F)C1)N1CCN(c2cccs2)CC1.I. The van der Waals surface area contributed by atoms with Crippen molar-refractivity contribution >= 4 is 46.3 Å². The second-order valence-corrected chi connectivity index (χ2v) is 8.05. The van der Waals surface area contributed by atoms with E-state index < -0.39 is 12.7 Å². The second-order valence-electron chi connectivity index (χ2n) is 7.13. The fraction of sp³-hybridized carbons (Fsp3) is 0.722. The molecule has 2 fully saturated rings. The topological polar surface area (TPSA) is 34.1 Å². The molecule has 0 spiro atoms. The zero-order valence-corrected chi connectivity index (χ0v) is 19.3. The van der Waals surface area contributed by atoms with Gasteiger partial charge in [-0.3, -0.25) is 9.89 Å². The zero-order valence-electron chi connectivity index (χ0n) is 16.1. The molecule has 0 bridgehead atoms. The first-order valence-electron chi connectivity index (χ1n) is 9.55. The van der Waals surface area contributed by atoms with Gasteiger partial charge in [0.25, 0.3) is 0 Å². The number of aliphatic imine (C=N–C) groups is 1. The van der Waals surface area contributed by atoms with Gasteiger partial charge in [-0.25, -0.2) is 0 Å². The summed E-state index contributed by atoms with van der Waals surface area (Å²) in [5.41, 5.74) is 0. The first kappa shape index (κ1) is 23.5. The van der Waals surface area contributed by atoms with E-state index in [1.165, 1.54) is 9.90 Å². The number of halogens is 4. The molecule has 10 heteroatoms. The van der Waals surface area contributed by atoms with Gasteiger partial charge in [-0.2, -0.15) is 13.2 Å². The van der Waals surface area contributed by atoms with E-state index in [1.807, 2.05) is 6.92 Å². The number of rotatable bonds is 5. The lowest BCUT2D eigenvalue weighted by Gasteiger charge is -2.37. The van der Waals surface area contributed by atoms with Crippen LogP contribution in [0, 0.1) is 5.92 Å². The average Bonchev–Trinajstić information content (AvgIpc) is 3.29. The van der Waals surface area contributed by atoms with Crippen LogP contribution in [0.4, 0.5) is 18.2 Å². The number of guanidine groups is 1. The third-order valence-corrected chi connectivity index (χ3v) is 5.93. The molecule has 28 heavy (non-hydrogen) atoms. The Bertz CT molecular complexity index is 603. The molecular weight excluding hydrogens is 502 g/mol. The molecule has 2 aliphatic rings. The van der Waals surface area contributed by atoms with E-state index >= 15 is 0 Å². The van der Waals surface area contributed by atoms with E-state index in [-0.39, 0.29) is 29.9 Å². The Balaban J connectivity index is 0.00000280. The van der Waals surface area contributed by atoms with Crippen LogP contribution in [-0.2, 0) is 0 Å². The third-order valence-electron chi connectivity index (χ3n) is 5.00. The van der Waals surface area contributed by atoms with Crippen molar-refractivity contribution in [1.82, 2.24) is 15.1 Å². The molecule has 1 N–H and O–H groups in total. The standard InChI is InChI=1S/C18H28F3N5S.HI/c1-2-22-17(23-12-15-5-6-24(13-15)14-18(19,20)21)26-9-7-25(8-10-26)16-4-3-11-27-16;/h3-4,11,15H,2,5-10,12-14H2,1H3,(H,22,23);1H. The molecule has 5 nitrogen and oxygen atoms in total. The van der Waals surface area contributed by atoms with Gasteiger partial charge in [0.2, 0.25) is 0 Å². The first-order valence-corrected chi connectivity index (χ1v) is 10.4. The van der Waals surface area contributed by atoms with Crippen LogP contribution in [0.2, 0.25) is 0 Å². The number of nitrogens with zero attached hydrogens (tertiary/aromatic N) is 4. The lowest BCUT2D eigenvalue weighted by atomic mass is 10.1. The second kappa shape index (κ2) is 10.9. The van der Waals surface area contributed by atoms with Crippen molar-refractivity contribution in [3.8, 4) is 0 Å². The molecule has 0 saturated carbocycles. The molecule has 3 heterocycles. The summed E-state index contributed by atoms with van der Waals surface area (Å²) in [6.07, 6.45) is -3.33. The monoisotopic (exact) mass is 531 g/mol. The van der Waals surface area contributed by atoms with Crippen LogP contribution in [0.5, 0.6) is 0 Å². The third kappa shape index (κ3) is 6.94. The maximum atomic E-state index is 12.5. The van der Waals surface area contributed by atoms with Crippen LogP contribution in [0.3, 0.4) is 0 Å². The van der Waals surface area contributed by atoms with E-state index in [2.05, 4.69) is 32.6 Å². The highest BCUT2D eigenvalue weighted by atomic mass is 127. The van der Waals surface area contributed by atoms with Gasteiger partial charge in [0, 0.05) is 45.8 Å². The fourth-order valence-corrected chi connectivity index (χ4v) is 4.47. The van der Waals surface area contributed by atoms with Gasteiger partial charge in [0.15, 0.2) is 5.96 Å². The fourth-order valence-electron chi connectivity index (χ4n) is 3.69. The Morgan fingerprint density at radius 1 is 1.25 bits per heavy atom. The highest BCUT2D eigenvalue weighted by Crippen LogP contribution is 2.24. The smallest absolute Gasteiger partial charge is 0.360 e. The van der Waals surface area contributed by atoms with Crippen LogP contribution < -0.4 is 10.2 Å². The number of hydrogen-bond acceptors (Lipinski definition) is 4. The Labute approximate surface area is 186 Å². The largest absolute Gasteiger partial charge is 0.401 e. The van der Waals surface area contributed by atoms with Crippen LogP contribution in [-0.4, -0.2) is 80.8 Å². The lowest BCUT2D eigenvalue weighted by molar-refractivity contribution is -0.143. The number of nitrogens with one attached hydrogen (secondary N) is 1. The van der Waals surface area contributed by atoms with Crippen LogP contribution in [0.1, 0.15) is 13.3 Å². The van der Waals surface area contributed by atoms with Crippen LogP contribution >= 0.6 is 35.3 Å². The Morgan fingerprint density at radius 2 is 2.00 bits per heavy atom. The number of thiophene rings is 1. The van der Waals surface area contributed by atoms with E-state index in [0.29, 0.717) is 19.6 Å². The number of hydrogen-bond donors (Lipinski definition) is 1. The van der Waals surface area contributed by atoms with Crippen molar-refractivity contribution in [3.05, 3.63) is 17.5 Å². The van der Waals surface area contributed by atoms with Crippen LogP contribution in [0.25, 0.3) is 0 Å². The summed E-state index contributed by atoms with van der Waals surface area (Å²) in [5, 5.41) is 6.73. The number of anilines is 1. The Morgan fingerprint density at radius 3 is 2.61 bits per heavy atom. The van der Waals surface area contributed by atoms with Gasteiger partial charge in [-0.05, 0) is 43.3 Å². The minimum atomic E-state index is -4.12. The molecule has 1 aromatic rings. The Kier molecular flexibility index (Phi) is 9.13. The quantitative estimate of drug-likeness (QED) is 0.359. The van der Waals surface area contributed by atoms with Crippen molar-refractivity contribution in [2.75, 3.05) is 63.8 Å². The molecule has 160 valence electrons. The molecule has 0 radical (unpaired) electrons. The maximum Gasteiger partial charge on any atom is 0.401 e. The molecule has 1 aromatic heterocycles. The summed E-state index contributed by atoms with van der Waals surface area (Å²) >= 11 is 1.76. The molecule has 0 amide bonds. The maximum absolute atomic E-state index is 12.5. The van der Waals surface area contributed by atoms with E-state index in [1.54, 1.807) is 11.3 Å². The van der Waals surface area contributed by atoms with Crippen molar-refractivity contribution in [2.24, 2.45) is 10.9 Å². The minimum absolute atomic E-state index is 0. The molecule has 2 aliphatic heterocycles. The van der Waals surface area contributed by atoms with Gasteiger partial charge >= 0.3 is 6.18 Å². The van der Waals surface area contributed by atoms with E-state index in [0.717, 1.165) is 45.1 Å². The number of likely N-dealkylation sites (tertiary alicyclic amines) is 1. The Hall–Kier alpha value is -0.750. The highest BCUT2D eigenvalue weighted by molar-refractivity contribution is 14.0. The molecule has 3 rings (SSSR count). The highest BCUT2D eigenvalue weighted by Gasteiger charge is 2.34. The molecule has 0 aromatic carbocycles. The summed E-state index contributed by atoms with van der Waals surface area (Å²) in [6.45, 7) is 7.29. The molecule has 1 unspecified atom stereocenters. The van der Waals surface area contributed by atoms with Gasteiger partial charge in [0.05, 0.1) is 11.5 Å². The molecule has 0 aliphatic carbocycles. The molecular formula is C18H29F3IN5S. The summed E-state index contributed by atoms with van der Waals surface area (Å²) in [7, 11) is 0. The van der Waals surface area contributed by atoms with Crippen LogP contribution in [0.15, 0.2) is 22.5 Å². The number of piperazine rings is 1. The van der Waals surface area contributed by atoms with E-state index in [4.69, 9.17) is 4.99 Å². The zero-order chi connectivity index (χ0) is 19.3. The summed E-state index contributed by atoms with van der Waals surface area (Å²) in [6, 6.07) is 4.22. The normalized spacial score (nSPS) is 21.7. The minimum Gasteiger partial charge on any atom is -0.360 e. The van der Waals surface area contributed by atoms with Crippen molar-refractivity contribution in [3.63, 3.8) is 0 Å².